The Bertz CT molecular complexity index is 662. The van der Waals surface area contributed by atoms with Crippen LogP contribution in [0.5, 0.6) is 0 Å². The van der Waals surface area contributed by atoms with Crippen LogP contribution >= 0.6 is 0 Å². The molecule has 1 aromatic heterocycles. The summed E-state index contributed by atoms with van der Waals surface area (Å²) >= 11 is 0. The number of H-pyrrole nitrogens is 1. The van der Waals surface area contributed by atoms with Crippen LogP contribution in [0.15, 0.2) is 35.5 Å². The standard InChI is InChI=1S/C13H13N3O3/c1-14-13-16-12(18)11(19-13)10(17)8-6-15-9-5-3-2-4-7(8)9/h2-6,10-11,15,17H,1H3,(H,14,16,18)/t10-,11-/m0/s1. The molecule has 98 valence electrons. The minimum Gasteiger partial charge on any atom is -0.448 e. The topological polar surface area (TPSA) is 86.7 Å². The van der Waals surface area contributed by atoms with Crippen LogP contribution in [0.25, 0.3) is 10.9 Å². The van der Waals surface area contributed by atoms with Gasteiger partial charge in [0.25, 0.3) is 11.9 Å². The number of aliphatic hydroxyl groups is 1. The van der Waals surface area contributed by atoms with Crippen LogP contribution in [0.1, 0.15) is 11.7 Å². The fourth-order valence-corrected chi connectivity index (χ4v) is 2.20. The molecule has 6 heteroatoms. The van der Waals surface area contributed by atoms with Gasteiger partial charge >= 0.3 is 0 Å². The fraction of sp³-hybridized carbons (Fsp3) is 0.231. The first-order valence-corrected chi connectivity index (χ1v) is 5.89. The molecule has 1 saturated heterocycles. The number of hydrogen-bond donors (Lipinski definition) is 3. The van der Waals surface area contributed by atoms with E-state index in [9.17, 15) is 9.90 Å². The molecule has 3 rings (SSSR count). The average molecular weight is 259 g/mol. The Morgan fingerprint density at radius 2 is 2.21 bits per heavy atom. The highest BCUT2D eigenvalue weighted by Crippen LogP contribution is 2.28. The van der Waals surface area contributed by atoms with Gasteiger partial charge in [-0.1, -0.05) is 18.2 Å². The smallest absolute Gasteiger partial charge is 0.292 e. The quantitative estimate of drug-likeness (QED) is 0.742. The maximum Gasteiger partial charge on any atom is 0.292 e. The summed E-state index contributed by atoms with van der Waals surface area (Å²) in [6.07, 6.45) is -0.333. The van der Waals surface area contributed by atoms with Crippen LogP contribution < -0.4 is 5.32 Å². The number of nitrogens with one attached hydrogen (secondary N) is 2. The zero-order chi connectivity index (χ0) is 13.4. The lowest BCUT2D eigenvalue weighted by atomic mass is 10.0. The third-order valence-electron chi connectivity index (χ3n) is 3.16. The molecule has 0 bridgehead atoms. The lowest BCUT2D eigenvalue weighted by Crippen LogP contribution is -2.29. The molecule has 19 heavy (non-hydrogen) atoms. The van der Waals surface area contributed by atoms with Gasteiger partial charge in [0.1, 0.15) is 6.10 Å². The number of aliphatic hydroxyl groups excluding tert-OH is 1. The van der Waals surface area contributed by atoms with Gasteiger partial charge in [-0.25, -0.2) is 4.99 Å². The van der Waals surface area contributed by atoms with E-state index in [1.807, 2.05) is 24.3 Å². The third kappa shape index (κ3) is 1.86. The minimum atomic E-state index is -1.05. The zero-order valence-corrected chi connectivity index (χ0v) is 10.3. The van der Waals surface area contributed by atoms with Crippen LogP contribution in [0.3, 0.4) is 0 Å². The van der Waals surface area contributed by atoms with Gasteiger partial charge in [0, 0.05) is 29.7 Å². The van der Waals surface area contributed by atoms with E-state index in [2.05, 4.69) is 15.3 Å². The van der Waals surface area contributed by atoms with Crippen molar-refractivity contribution in [2.75, 3.05) is 7.05 Å². The summed E-state index contributed by atoms with van der Waals surface area (Å²) in [6.45, 7) is 0. The fourth-order valence-electron chi connectivity index (χ4n) is 2.20. The molecule has 2 atom stereocenters. The van der Waals surface area contributed by atoms with Crippen molar-refractivity contribution in [2.45, 2.75) is 12.2 Å². The van der Waals surface area contributed by atoms with Gasteiger partial charge in [0.05, 0.1) is 0 Å². The SMILES string of the molecule is CN=C1NC(=O)[C@H]([C@@H](O)c2c[nH]c3ccccc23)O1. The number of carbonyl (C=O) groups is 1. The van der Waals surface area contributed by atoms with E-state index in [4.69, 9.17) is 4.74 Å². The summed E-state index contributed by atoms with van der Waals surface area (Å²) in [6, 6.07) is 7.69. The Kier molecular flexibility index (Phi) is 2.72. The number of aromatic amines is 1. The number of nitrogens with zero attached hydrogens (tertiary/aromatic N) is 1. The molecule has 1 aliphatic rings. The number of hydrogen-bond acceptors (Lipinski definition) is 4. The number of amides is 1. The Morgan fingerprint density at radius 1 is 1.42 bits per heavy atom. The van der Waals surface area contributed by atoms with E-state index in [1.54, 1.807) is 6.20 Å². The summed E-state index contributed by atoms with van der Waals surface area (Å²) in [5.41, 5.74) is 1.53. The molecule has 0 radical (unpaired) electrons. The Labute approximate surface area is 109 Å². The van der Waals surface area contributed by atoms with Gasteiger partial charge < -0.3 is 14.8 Å². The minimum absolute atomic E-state index is 0.133. The second kappa shape index (κ2) is 4.40. The normalized spacial score (nSPS) is 22.5. The van der Waals surface area contributed by atoms with Crippen molar-refractivity contribution < 1.29 is 14.6 Å². The molecule has 1 aromatic carbocycles. The molecule has 2 heterocycles. The second-order valence-corrected chi connectivity index (χ2v) is 4.29. The molecule has 3 N–H and O–H groups in total. The van der Waals surface area contributed by atoms with Crippen molar-refractivity contribution in [2.24, 2.45) is 4.99 Å². The highest BCUT2D eigenvalue weighted by atomic mass is 16.5. The molecule has 1 aliphatic heterocycles. The van der Waals surface area contributed by atoms with Crippen molar-refractivity contribution in [1.29, 1.82) is 0 Å². The first kappa shape index (κ1) is 11.7. The molecule has 0 unspecified atom stereocenters. The number of aliphatic imine (C=N–C) groups is 1. The maximum atomic E-state index is 11.7. The molecule has 0 saturated carbocycles. The molecule has 6 nitrogen and oxygen atoms in total. The molecular formula is C13H13N3O3. The van der Waals surface area contributed by atoms with Crippen molar-refractivity contribution in [3.05, 3.63) is 36.0 Å². The molecule has 2 aromatic rings. The van der Waals surface area contributed by atoms with Crippen LogP contribution in [0, 0.1) is 0 Å². The van der Waals surface area contributed by atoms with E-state index < -0.39 is 18.1 Å². The van der Waals surface area contributed by atoms with Crippen molar-refractivity contribution in [3.8, 4) is 0 Å². The Balaban J connectivity index is 1.96. The number of rotatable bonds is 2. The first-order chi connectivity index (χ1) is 9.20. The number of benzene rings is 1. The van der Waals surface area contributed by atoms with Crippen LogP contribution in [-0.2, 0) is 9.53 Å². The predicted molar refractivity (Wildman–Crippen MR) is 69.6 cm³/mol. The molecule has 0 aliphatic carbocycles. The summed E-state index contributed by atoms with van der Waals surface area (Å²) in [5.74, 6) is -0.390. The van der Waals surface area contributed by atoms with E-state index in [0.717, 1.165) is 10.9 Å². The number of para-hydroxylation sites is 1. The predicted octanol–water partition coefficient (Wildman–Crippen LogP) is 0.702. The summed E-state index contributed by atoms with van der Waals surface area (Å²) < 4.78 is 5.28. The van der Waals surface area contributed by atoms with Gasteiger partial charge in [0.15, 0.2) is 0 Å². The summed E-state index contributed by atoms with van der Waals surface area (Å²) in [4.78, 5) is 18.5. The van der Waals surface area contributed by atoms with Crippen molar-refractivity contribution in [3.63, 3.8) is 0 Å². The number of fused-ring (bicyclic) bond motifs is 1. The number of ether oxygens (including phenoxy) is 1. The number of aromatic nitrogens is 1. The summed E-state index contributed by atoms with van der Waals surface area (Å²) in [5, 5.41) is 13.7. The van der Waals surface area contributed by atoms with E-state index >= 15 is 0 Å². The maximum absolute atomic E-state index is 11.7. The summed E-state index contributed by atoms with van der Waals surface area (Å²) in [7, 11) is 1.51. The zero-order valence-electron chi connectivity index (χ0n) is 10.3. The second-order valence-electron chi connectivity index (χ2n) is 4.29. The van der Waals surface area contributed by atoms with Gasteiger partial charge in [-0.2, -0.15) is 0 Å². The highest BCUT2D eigenvalue weighted by Gasteiger charge is 2.38. The molecule has 0 spiro atoms. The highest BCUT2D eigenvalue weighted by molar-refractivity contribution is 6.02. The van der Waals surface area contributed by atoms with Crippen molar-refractivity contribution >= 4 is 22.8 Å². The molecule has 1 amide bonds. The van der Waals surface area contributed by atoms with Gasteiger partial charge in [-0.3, -0.25) is 10.1 Å². The third-order valence-corrected chi connectivity index (χ3v) is 3.16. The lowest BCUT2D eigenvalue weighted by molar-refractivity contribution is -0.127. The molecular weight excluding hydrogens is 246 g/mol. The monoisotopic (exact) mass is 259 g/mol. The van der Waals surface area contributed by atoms with Crippen LogP contribution in [0.4, 0.5) is 0 Å². The van der Waals surface area contributed by atoms with E-state index in [-0.39, 0.29) is 6.02 Å². The van der Waals surface area contributed by atoms with Crippen molar-refractivity contribution in [1.82, 2.24) is 10.3 Å². The van der Waals surface area contributed by atoms with E-state index in [1.165, 1.54) is 7.05 Å². The van der Waals surface area contributed by atoms with Gasteiger partial charge in [0.2, 0.25) is 6.10 Å². The number of carbonyl (C=O) groups excluding carboxylic acids is 1. The Morgan fingerprint density at radius 3 is 2.95 bits per heavy atom. The first-order valence-electron chi connectivity index (χ1n) is 5.89. The number of amidine groups is 1. The van der Waals surface area contributed by atoms with Crippen LogP contribution in [0.2, 0.25) is 0 Å². The average Bonchev–Trinajstić information content (AvgIpc) is 3.01. The largest absolute Gasteiger partial charge is 0.448 e. The van der Waals surface area contributed by atoms with Gasteiger partial charge in [-0.05, 0) is 6.07 Å². The lowest BCUT2D eigenvalue weighted by Gasteiger charge is -2.14. The Hall–Kier alpha value is -2.34. The van der Waals surface area contributed by atoms with Gasteiger partial charge in [-0.15, -0.1) is 0 Å². The van der Waals surface area contributed by atoms with Crippen LogP contribution in [-0.4, -0.2) is 35.2 Å². The van der Waals surface area contributed by atoms with E-state index in [0.29, 0.717) is 5.56 Å². The molecule has 1 fully saturated rings.